The maximum atomic E-state index is 6.24. The lowest BCUT2D eigenvalue weighted by molar-refractivity contribution is 0.494. The summed E-state index contributed by atoms with van der Waals surface area (Å²) in [6.07, 6.45) is 0. The Morgan fingerprint density at radius 1 is 0.857 bits per heavy atom. The van der Waals surface area contributed by atoms with Crippen molar-refractivity contribution < 1.29 is 4.42 Å². The molecule has 4 nitrogen and oxygen atoms in total. The molecule has 0 saturated carbocycles. The van der Waals surface area contributed by atoms with E-state index >= 15 is 0 Å². The van der Waals surface area contributed by atoms with Crippen LogP contribution in [0.5, 0.6) is 0 Å². The van der Waals surface area contributed by atoms with E-state index in [1.54, 1.807) is 0 Å². The maximum Gasteiger partial charge on any atom is 0.247 e. The minimum absolute atomic E-state index is 0.315. The van der Waals surface area contributed by atoms with E-state index in [0.717, 1.165) is 16.8 Å². The molecule has 0 spiro atoms. The number of hydrogen-bond donors (Lipinski definition) is 1. The molecule has 1 N–H and O–H groups in total. The van der Waals surface area contributed by atoms with Gasteiger partial charge in [-0.3, -0.25) is 0 Å². The Labute approximate surface area is 169 Å². The van der Waals surface area contributed by atoms with E-state index < -0.39 is 0 Å². The summed E-state index contributed by atoms with van der Waals surface area (Å²) in [5.41, 5.74) is 5.19. The van der Waals surface area contributed by atoms with E-state index in [4.69, 9.17) is 16.0 Å². The highest BCUT2D eigenvalue weighted by atomic mass is 35.5. The van der Waals surface area contributed by atoms with Crippen molar-refractivity contribution in [3.63, 3.8) is 0 Å². The Hall–Kier alpha value is -3.11. The van der Waals surface area contributed by atoms with Gasteiger partial charge < -0.3 is 9.73 Å². The Morgan fingerprint density at radius 3 is 2.32 bits per heavy atom. The van der Waals surface area contributed by atoms with Gasteiger partial charge in [0.25, 0.3) is 0 Å². The monoisotopic (exact) mass is 389 g/mol. The van der Waals surface area contributed by atoms with Crippen LogP contribution < -0.4 is 5.32 Å². The van der Waals surface area contributed by atoms with Crippen molar-refractivity contribution in [1.29, 1.82) is 0 Å². The molecule has 0 aliphatic carbocycles. The maximum absolute atomic E-state index is 6.24. The molecular formula is C23H20ClN3O. The Bertz CT molecular complexity index is 1070. The fraction of sp³-hybridized carbons (Fsp3) is 0.130. The van der Waals surface area contributed by atoms with E-state index in [-0.39, 0.29) is 6.04 Å². The van der Waals surface area contributed by atoms with Gasteiger partial charge in [0.2, 0.25) is 11.8 Å². The fourth-order valence-electron chi connectivity index (χ4n) is 3.25. The average Bonchev–Trinajstić information content (AvgIpc) is 3.16. The number of hydrogen-bond acceptors (Lipinski definition) is 4. The highest BCUT2D eigenvalue weighted by Crippen LogP contribution is 2.30. The van der Waals surface area contributed by atoms with Crippen LogP contribution in [0.25, 0.3) is 11.5 Å². The molecule has 3 aromatic carbocycles. The number of anilines is 1. The predicted octanol–water partition coefficient (Wildman–Crippen LogP) is 6.21. The molecular weight excluding hydrogens is 370 g/mol. The first kappa shape index (κ1) is 18.3. The first-order chi connectivity index (χ1) is 13.6. The average molecular weight is 390 g/mol. The Balaban J connectivity index is 1.74. The second-order valence-electron chi connectivity index (χ2n) is 6.82. The van der Waals surface area contributed by atoms with Crippen molar-refractivity contribution in [2.75, 3.05) is 5.32 Å². The van der Waals surface area contributed by atoms with E-state index in [1.165, 1.54) is 11.1 Å². The number of nitrogens with zero attached hydrogens (tertiary/aromatic N) is 2. The minimum atomic E-state index is -0.315. The van der Waals surface area contributed by atoms with E-state index in [1.807, 2.05) is 54.6 Å². The van der Waals surface area contributed by atoms with Gasteiger partial charge in [-0.15, -0.1) is 10.2 Å². The summed E-state index contributed by atoms with van der Waals surface area (Å²) >= 11 is 6.24. The molecule has 28 heavy (non-hydrogen) atoms. The molecule has 5 heteroatoms. The van der Waals surface area contributed by atoms with Gasteiger partial charge in [-0.05, 0) is 66.9 Å². The Morgan fingerprint density at radius 2 is 1.61 bits per heavy atom. The topological polar surface area (TPSA) is 51.0 Å². The molecule has 0 amide bonds. The second-order valence-corrected chi connectivity index (χ2v) is 7.26. The van der Waals surface area contributed by atoms with Gasteiger partial charge >= 0.3 is 0 Å². The van der Waals surface area contributed by atoms with Crippen molar-refractivity contribution in [3.05, 3.63) is 100 Å². The number of benzene rings is 3. The highest BCUT2D eigenvalue weighted by Gasteiger charge is 2.22. The molecule has 1 aromatic heterocycles. The first-order valence-electron chi connectivity index (χ1n) is 9.07. The van der Waals surface area contributed by atoms with E-state index in [0.29, 0.717) is 16.8 Å². The summed E-state index contributed by atoms with van der Waals surface area (Å²) in [4.78, 5) is 0. The third kappa shape index (κ3) is 4.07. The van der Waals surface area contributed by atoms with Crippen molar-refractivity contribution in [2.24, 2.45) is 0 Å². The summed E-state index contributed by atoms with van der Waals surface area (Å²) in [5, 5.41) is 12.8. The van der Waals surface area contributed by atoms with Crippen LogP contribution in [0.1, 0.15) is 28.6 Å². The molecule has 0 aliphatic rings. The molecule has 0 aliphatic heterocycles. The zero-order valence-corrected chi connectivity index (χ0v) is 16.4. The zero-order chi connectivity index (χ0) is 19.5. The molecule has 0 saturated heterocycles. The minimum Gasteiger partial charge on any atom is -0.418 e. The van der Waals surface area contributed by atoms with Crippen LogP contribution >= 0.6 is 11.6 Å². The largest absolute Gasteiger partial charge is 0.418 e. The first-order valence-corrected chi connectivity index (χ1v) is 9.45. The number of halogens is 1. The van der Waals surface area contributed by atoms with Crippen molar-refractivity contribution >= 4 is 17.3 Å². The van der Waals surface area contributed by atoms with Gasteiger partial charge in [-0.25, -0.2) is 0 Å². The van der Waals surface area contributed by atoms with Crippen LogP contribution in [0.3, 0.4) is 0 Å². The summed E-state index contributed by atoms with van der Waals surface area (Å²) < 4.78 is 6.03. The molecule has 0 bridgehead atoms. The summed E-state index contributed by atoms with van der Waals surface area (Å²) in [7, 11) is 0. The number of rotatable bonds is 5. The molecule has 0 fully saturated rings. The quantitative estimate of drug-likeness (QED) is 0.441. The number of nitrogens with one attached hydrogen (secondary N) is 1. The molecule has 4 rings (SSSR count). The van der Waals surface area contributed by atoms with Crippen LogP contribution in [0.2, 0.25) is 5.02 Å². The zero-order valence-electron chi connectivity index (χ0n) is 15.7. The lowest BCUT2D eigenvalue weighted by Crippen LogP contribution is -2.13. The van der Waals surface area contributed by atoms with Gasteiger partial charge in [-0.1, -0.05) is 48.0 Å². The molecule has 1 atom stereocenters. The van der Waals surface area contributed by atoms with E-state index in [9.17, 15) is 0 Å². The molecule has 1 heterocycles. The summed E-state index contributed by atoms with van der Waals surface area (Å²) in [6, 6.07) is 23.4. The van der Waals surface area contributed by atoms with Gasteiger partial charge in [0.15, 0.2) is 0 Å². The number of aromatic nitrogens is 2. The molecule has 140 valence electrons. The van der Waals surface area contributed by atoms with Gasteiger partial charge in [0, 0.05) is 16.3 Å². The predicted molar refractivity (Wildman–Crippen MR) is 113 cm³/mol. The normalized spacial score (nSPS) is 12.0. The van der Waals surface area contributed by atoms with Crippen molar-refractivity contribution in [1.82, 2.24) is 10.2 Å². The van der Waals surface area contributed by atoms with Crippen LogP contribution in [0.4, 0.5) is 5.69 Å². The summed E-state index contributed by atoms with van der Waals surface area (Å²) in [5.74, 6) is 0.977. The second kappa shape index (κ2) is 7.87. The van der Waals surface area contributed by atoms with Crippen LogP contribution in [-0.4, -0.2) is 10.2 Å². The third-order valence-electron chi connectivity index (χ3n) is 4.42. The highest BCUT2D eigenvalue weighted by molar-refractivity contribution is 6.30. The van der Waals surface area contributed by atoms with Gasteiger partial charge in [0.1, 0.15) is 6.04 Å². The SMILES string of the molecule is Cc1cc(C)cc(NC(c2cccc(Cl)c2)c2nnc(-c3ccccc3)o2)c1. The van der Waals surface area contributed by atoms with Crippen LogP contribution in [0.15, 0.2) is 77.2 Å². The van der Waals surface area contributed by atoms with E-state index in [2.05, 4.69) is 47.6 Å². The third-order valence-corrected chi connectivity index (χ3v) is 4.66. The van der Waals surface area contributed by atoms with Gasteiger partial charge in [0.05, 0.1) is 0 Å². The van der Waals surface area contributed by atoms with Crippen LogP contribution in [-0.2, 0) is 0 Å². The summed E-state index contributed by atoms with van der Waals surface area (Å²) in [6.45, 7) is 4.15. The Kier molecular flexibility index (Phi) is 5.13. The molecule has 1 unspecified atom stereocenters. The van der Waals surface area contributed by atoms with Crippen molar-refractivity contribution in [3.8, 4) is 11.5 Å². The molecule has 4 aromatic rings. The fourth-order valence-corrected chi connectivity index (χ4v) is 3.45. The van der Waals surface area contributed by atoms with Crippen molar-refractivity contribution in [2.45, 2.75) is 19.9 Å². The standard InChI is InChI=1S/C23H20ClN3O/c1-15-11-16(2)13-20(12-15)25-21(18-9-6-10-19(24)14-18)23-27-26-22(28-23)17-7-4-3-5-8-17/h3-14,21,25H,1-2H3. The van der Waals surface area contributed by atoms with Gasteiger partial charge in [-0.2, -0.15) is 0 Å². The lowest BCUT2D eigenvalue weighted by Gasteiger charge is -2.18. The van der Waals surface area contributed by atoms with Crippen LogP contribution in [0, 0.1) is 13.8 Å². The smallest absolute Gasteiger partial charge is 0.247 e. The lowest BCUT2D eigenvalue weighted by atomic mass is 10.1. The molecule has 0 radical (unpaired) electrons. The number of aryl methyl sites for hydroxylation is 2.